The Morgan fingerprint density at radius 3 is 2.44 bits per heavy atom. The van der Waals surface area contributed by atoms with E-state index in [1.54, 1.807) is 0 Å². The van der Waals surface area contributed by atoms with Crippen LogP contribution < -0.4 is 4.72 Å². The highest BCUT2D eigenvalue weighted by molar-refractivity contribution is 7.89. The SMILES string of the molecule is O=S(=O)(NCCC(O)c1cccc(/C=C/c2ccc3ccc(Cl)cc3n2)c1)c1ccc(Cl)cc1. The standard InChI is InChI=1S/C26H22Cl2N2O3S/c27-21-8-12-24(13-9-21)34(32,33)29-15-14-26(31)20-3-1-2-18(16-20)4-10-23-11-6-19-5-7-22(28)17-25(19)30-23/h1-13,16-17,26,29,31H,14-15H2/b10-4+. The summed E-state index contributed by atoms with van der Waals surface area (Å²) < 4.78 is 27.3. The Bertz CT molecular complexity index is 1440. The highest BCUT2D eigenvalue weighted by atomic mass is 35.5. The van der Waals surface area contributed by atoms with Gasteiger partial charge in [-0.05, 0) is 72.2 Å². The minimum absolute atomic E-state index is 0.0930. The van der Waals surface area contributed by atoms with Crippen molar-refractivity contribution < 1.29 is 13.5 Å². The van der Waals surface area contributed by atoms with Crippen LogP contribution in [0.2, 0.25) is 10.0 Å². The van der Waals surface area contributed by atoms with Gasteiger partial charge in [-0.15, -0.1) is 0 Å². The number of nitrogens with one attached hydrogen (secondary N) is 1. The monoisotopic (exact) mass is 512 g/mol. The number of benzene rings is 3. The van der Waals surface area contributed by atoms with Gasteiger partial charge in [0.05, 0.1) is 22.2 Å². The zero-order valence-corrected chi connectivity index (χ0v) is 20.4. The van der Waals surface area contributed by atoms with E-state index in [1.807, 2.05) is 66.7 Å². The topological polar surface area (TPSA) is 79.3 Å². The van der Waals surface area contributed by atoms with E-state index in [-0.39, 0.29) is 17.9 Å². The van der Waals surface area contributed by atoms with Crippen LogP contribution in [0.15, 0.2) is 83.8 Å². The number of nitrogens with zero attached hydrogens (tertiary/aromatic N) is 1. The van der Waals surface area contributed by atoms with Gasteiger partial charge in [0, 0.05) is 22.0 Å². The van der Waals surface area contributed by atoms with Crippen molar-refractivity contribution in [2.75, 3.05) is 6.54 Å². The molecule has 0 aliphatic heterocycles. The first kappa shape index (κ1) is 24.4. The predicted molar refractivity (Wildman–Crippen MR) is 138 cm³/mol. The Morgan fingerprint density at radius 1 is 0.912 bits per heavy atom. The molecular formula is C26H22Cl2N2O3S. The molecule has 2 N–H and O–H groups in total. The van der Waals surface area contributed by atoms with E-state index < -0.39 is 16.1 Å². The molecule has 5 nitrogen and oxygen atoms in total. The molecule has 0 aliphatic carbocycles. The first-order chi connectivity index (χ1) is 16.3. The second-order valence-electron chi connectivity index (χ2n) is 7.73. The molecule has 4 rings (SSSR count). The molecule has 0 saturated carbocycles. The molecule has 0 bridgehead atoms. The Balaban J connectivity index is 1.39. The minimum Gasteiger partial charge on any atom is -0.388 e. The van der Waals surface area contributed by atoms with E-state index in [1.165, 1.54) is 24.3 Å². The van der Waals surface area contributed by atoms with Crippen LogP contribution in [0.5, 0.6) is 0 Å². The second-order valence-corrected chi connectivity index (χ2v) is 10.4. The molecule has 0 saturated heterocycles. The van der Waals surface area contributed by atoms with E-state index in [9.17, 15) is 13.5 Å². The highest BCUT2D eigenvalue weighted by Crippen LogP contribution is 2.21. The van der Waals surface area contributed by atoms with Crippen molar-refractivity contribution in [2.45, 2.75) is 17.4 Å². The van der Waals surface area contributed by atoms with Gasteiger partial charge in [0.15, 0.2) is 0 Å². The van der Waals surface area contributed by atoms with E-state index in [2.05, 4.69) is 9.71 Å². The molecule has 0 radical (unpaired) electrons. The van der Waals surface area contributed by atoms with Gasteiger partial charge in [-0.2, -0.15) is 0 Å². The quantitative estimate of drug-likeness (QED) is 0.298. The second kappa shape index (κ2) is 10.7. The van der Waals surface area contributed by atoms with Gasteiger partial charge in [-0.3, -0.25) is 0 Å². The lowest BCUT2D eigenvalue weighted by Gasteiger charge is -2.13. The summed E-state index contributed by atoms with van der Waals surface area (Å²) in [5, 5.41) is 12.7. The number of aliphatic hydroxyl groups excluding tert-OH is 1. The Morgan fingerprint density at radius 2 is 1.65 bits per heavy atom. The summed E-state index contributed by atoms with van der Waals surface area (Å²) in [6, 6.07) is 22.9. The molecule has 0 spiro atoms. The van der Waals surface area contributed by atoms with E-state index >= 15 is 0 Å². The number of rotatable bonds is 8. The fraction of sp³-hybridized carbons (Fsp3) is 0.115. The number of aromatic nitrogens is 1. The molecule has 0 fully saturated rings. The van der Waals surface area contributed by atoms with Gasteiger partial charge in [-0.1, -0.05) is 59.6 Å². The van der Waals surface area contributed by atoms with Gasteiger partial charge in [0.2, 0.25) is 10.0 Å². The molecule has 3 aromatic carbocycles. The van der Waals surface area contributed by atoms with E-state index in [0.29, 0.717) is 15.6 Å². The molecule has 1 unspecified atom stereocenters. The van der Waals surface area contributed by atoms with Gasteiger partial charge >= 0.3 is 0 Å². The van der Waals surface area contributed by atoms with Gasteiger partial charge in [-0.25, -0.2) is 18.1 Å². The number of pyridine rings is 1. The molecule has 4 aromatic rings. The lowest BCUT2D eigenvalue weighted by molar-refractivity contribution is 0.169. The molecule has 174 valence electrons. The van der Waals surface area contributed by atoms with Crippen LogP contribution in [-0.2, 0) is 10.0 Å². The molecule has 34 heavy (non-hydrogen) atoms. The fourth-order valence-corrected chi connectivity index (χ4v) is 4.78. The summed E-state index contributed by atoms with van der Waals surface area (Å²) in [6.45, 7) is 0.0930. The molecule has 0 amide bonds. The summed E-state index contributed by atoms with van der Waals surface area (Å²) in [6.07, 6.45) is 3.22. The third kappa shape index (κ3) is 6.23. The number of hydrogen-bond donors (Lipinski definition) is 2. The summed E-state index contributed by atoms with van der Waals surface area (Å²) >= 11 is 11.9. The summed E-state index contributed by atoms with van der Waals surface area (Å²) in [5.41, 5.74) is 3.20. The van der Waals surface area contributed by atoms with Crippen molar-refractivity contribution in [1.29, 1.82) is 0 Å². The number of halogens is 2. The highest BCUT2D eigenvalue weighted by Gasteiger charge is 2.15. The van der Waals surface area contributed by atoms with Crippen LogP contribution in [-0.4, -0.2) is 25.1 Å². The number of hydrogen-bond acceptors (Lipinski definition) is 4. The summed E-state index contributed by atoms with van der Waals surface area (Å²) in [4.78, 5) is 4.74. The Kier molecular flexibility index (Phi) is 7.66. The lowest BCUT2D eigenvalue weighted by Crippen LogP contribution is -2.25. The molecule has 1 aromatic heterocycles. The predicted octanol–water partition coefficient (Wildman–Crippen LogP) is 6.11. The lowest BCUT2D eigenvalue weighted by atomic mass is 10.0. The average Bonchev–Trinajstić information content (AvgIpc) is 2.82. The summed E-state index contributed by atoms with van der Waals surface area (Å²) in [7, 11) is -3.67. The van der Waals surface area contributed by atoms with Crippen LogP contribution in [0.3, 0.4) is 0 Å². The number of fused-ring (bicyclic) bond motifs is 1. The van der Waals surface area contributed by atoms with Crippen LogP contribution in [0.1, 0.15) is 29.3 Å². The average molecular weight is 513 g/mol. The maximum atomic E-state index is 12.4. The van der Waals surface area contributed by atoms with Crippen LogP contribution in [0.25, 0.3) is 23.1 Å². The third-order valence-corrected chi connectivity index (χ3v) is 7.22. The maximum Gasteiger partial charge on any atom is 0.240 e. The minimum atomic E-state index is -3.67. The van der Waals surface area contributed by atoms with Crippen molar-refractivity contribution in [1.82, 2.24) is 9.71 Å². The molecule has 1 atom stereocenters. The van der Waals surface area contributed by atoms with Crippen LogP contribution in [0, 0.1) is 0 Å². The van der Waals surface area contributed by atoms with E-state index in [4.69, 9.17) is 23.2 Å². The van der Waals surface area contributed by atoms with Crippen molar-refractivity contribution in [3.8, 4) is 0 Å². The van der Waals surface area contributed by atoms with Crippen LogP contribution >= 0.6 is 23.2 Å². The summed E-state index contributed by atoms with van der Waals surface area (Å²) in [5.74, 6) is 0. The smallest absolute Gasteiger partial charge is 0.240 e. The Hall–Kier alpha value is -2.74. The zero-order valence-electron chi connectivity index (χ0n) is 18.0. The first-order valence-corrected chi connectivity index (χ1v) is 12.8. The maximum absolute atomic E-state index is 12.4. The van der Waals surface area contributed by atoms with E-state index in [0.717, 1.165) is 22.2 Å². The van der Waals surface area contributed by atoms with Gasteiger partial charge < -0.3 is 5.11 Å². The van der Waals surface area contributed by atoms with Crippen molar-refractivity contribution in [2.24, 2.45) is 0 Å². The molecular weight excluding hydrogens is 491 g/mol. The largest absolute Gasteiger partial charge is 0.388 e. The Labute approximate surface area is 208 Å². The normalized spacial score (nSPS) is 12.9. The van der Waals surface area contributed by atoms with Crippen molar-refractivity contribution >= 4 is 56.3 Å². The molecule has 1 heterocycles. The zero-order chi connectivity index (χ0) is 24.1. The number of aliphatic hydroxyl groups is 1. The third-order valence-electron chi connectivity index (χ3n) is 5.25. The van der Waals surface area contributed by atoms with Crippen molar-refractivity contribution in [3.05, 3.63) is 106 Å². The molecule has 8 heteroatoms. The van der Waals surface area contributed by atoms with Crippen molar-refractivity contribution in [3.63, 3.8) is 0 Å². The number of sulfonamides is 1. The van der Waals surface area contributed by atoms with Gasteiger partial charge in [0.25, 0.3) is 0 Å². The molecule has 0 aliphatic rings. The van der Waals surface area contributed by atoms with Gasteiger partial charge in [0.1, 0.15) is 0 Å². The fourth-order valence-electron chi connectivity index (χ4n) is 3.44. The first-order valence-electron chi connectivity index (χ1n) is 10.6. The van der Waals surface area contributed by atoms with Crippen LogP contribution in [0.4, 0.5) is 0 Å².